The van der Waals surface area contributed by atoms with E-state index in [-0.39, 0.29) is 0 Å². The molecular formula is C13H17BrN2O2S. The summed E-state index contributed by atoms with van der Waals surface area (Å²) >= 11 is 5.03. The van der Waals surface area contributed by atoms with Crippen LogP contribution in [-0.2, 0) is 4.79 Å². The highest BCUT2D eigenvalue weighted by molar-refractivity contribution is 9.10. The number of nitrogens with zero attached hydrogens (tertiary/aromatic N) is 1. The van der Waals surface area contributed by atoms with E-state index < -0.39 is 11.5 Å². The first kappa shape index (κ1) is 14.8. The number of nitrogens with one attached hydrogen (secondary N) is 1. The molecule has 2 unspecified atom stereocenters. The Labute approximate surface area is 125 Å². The quantitative estimate of drug-likeness (QED) is 0.879. The van der Waals surface area contributed by atoms with Crippen molar-refractivity contribution in [2.75, 3.05) is 7.05 Å². The van der Waals surface area contributed by atoms with Crippen LogP contribution in [0.4, 0.5) is 0 Å². The summed E-state index contributed by atoms with van der Waals surface area (Å²) in [5.74, 6) is -0.746. The maximum Gasteiger partial charge on any atom is 0.323 e. The van der Waals surface area contributed by atoms with E-state index in [9.17, 15) is 9.90 Å². The van der Waals surface area contributed by atoms with Crippen LogP contribution in [0.25, 0.3) is 0 Å². The van der Waals surface area contributed by atoms with Crippen molar-refractivity contribution in [3.8, 4) is 0 Å². The number of rotatable bonds is 4. The Morgan fingerprint density at radius 3 is 3.00 bits per heavy atom. The average Bonchev–Trinajstić information content (AvgIpc) is 2.41. The van der Waals surface area contributed by atoms with Crippen LogP contribution in [0.3, 0.4) is 0 Å². The zero-order valence-corrected chi connectivity index (χ0v) is 13.1. The first-order chi connectivity index (χ1) is 9.05. The highest BCUT2D eigenvalue weighted by Gasteiger charge is 2.41. The van der Waals surface area contributed by atoms with Gasteiger partial charge in [-0.1, -0.05) is 0 Å². The van der Waals surface area contributed by atoms with Crippen molar-refractivity contribution in [2.45, 2.75) is 41.5 Å². The molecule has 4 nitrogen and oxygen atoms in total. The van der Waals surface area contributed by atoms with Gasteiger partial charge < -0.3 is 10.4 Å². The van der Waals surface area contributed by atoms with Crippen LogP contribution in [-0.4, -0.2) is 33.9 Å². The van der Waals surface area contributed by atoms with Crippen LogP contribution in [0.5, 0.6) is 0 Å². The molecule has 1 fully saturated rings. The van der Waals surface area contributed by atoms with Gasteiger partial charge in [-0.15, -0.1) is 11.8 Å². The fraction of sp³-hybridized carbons (Fsp3) is 0.538. The van der Waals surface area contributed by atoms with Gasteiger partial charge in [0.25, 0.3) is 0 Å². The third-order valence-corrected chi connectivity index (χ3v) is 5.27. The van der Waals surface area contributed by atoms with Gasteiger partial charge in [-0.25, -0.2) is 4.98 Å². The Morgan fingerprint density at radius 2 is 2.42 bits per heavy atom. The standard InChI is InChI=1S/C13H17BrN2O2S/c1-15-13(12(17)18)6-2-3-10(7-13)19-11-5-4-9(14)8-16-11/h4-5,8,10,15H,2-3,6-7H2,1H3,(H,17,18). The van der Waals surface area contributed by atoms with E-state index in [0.717, 1.165) is 22.3 Å². The average molecular weight is 345 g/mol. The van der Waals surface area contributed by atoms with E-state index in [1.807, 2.05) is 12.1 Å². The molecule has 1 aliphatic carbocycles. The molecule has 0 aromatic carbocycles. The van der Waals surface area contributed by atoms with Gasteiger partial charge in [-0.05, 0) is 60.8 Å². The van der Waals surface area contributed by atoms with Crippen molar-refractivity contribution < 1.29 is 9.90 Å². The minimum absolute atomic E-state index is 0.297. The fourth-order valence-corrected chi connectivity index (χ4v) is 3.94. The van der Waals surface area contributed by atoms with Gasteiger partial charge in [0.15, 0.2) is 0 Å². The molecule has 6 heteroatoms. The molecule has 0 saturated heterocycles. The molecule has 104 valence electrons. The smallest absolute Gasteiger partial charge is 0.323 e. The maximum absolute atomic E-state index is 11.5. The largest absolute Gasteiger partial charge is 0.480 e. The monoisotopic (exact) mass is 344 g/mol. The third kappa shape index (κ3) is 3.49. The molecule has 2 atom stereocenters. The van der Waals surface area contributed by atoms with E-state index in [1.165, 1.54) is 0 Å². The van der Waals surface area contributed by atoms with Gasteiger partial charge >= 0.3 is 5.97 Å². The molecule has 1 saturated carbocycles. The van der Waals surface area contributed by atoms with E-state index in [2.05, 4.69) is 26.2 Å². The number of thioether (sulfide) groups is 1. The summed E-state index contributed by atoms with van der Waals surface area (Å²) in [6.45, 7) is 0. The predicted molar refractivity (Wildman–Crippen MR) is 79.5 cm³/mol. The van der Waals surface area contributed by atoms with Crippen LogP contribution < -0.4 is 5.32 Å². The lowest BCUT2D eigenvalue weighted by molar-refractivity contribution is -0.146. The Kier molecular flexibility index (Phi) is 4.86. The second-order valence-electron chi connectivity index (χ2n) is 4.79. The molecule has 2 N–H and O–H groups in total. The van der Waals surface area contributed by atoms with Crippen LogP contribution in [0.1, 0.15) is 25.7 Å². The van der Waals surface area contributed by atoms with Crippen LogP contribution in [0.15, 0.2) is 27.8 Å². The van der Waals surface area contributed by atoms with Gasteiger partial charge in [0.1, 0.15) is 5.54 Å². The molecule has 0 aliphatic heterocycles. The van der Waals surface area contributed by atoms with Crippen LogP contribution in [0.2, 0.25) is 0 Å². The number of pyridine rings is 1. The van der Waals surface area contributed by atoms with Gasteiger partial charge in [0.05, 0.1) is 5.03 Å². The van der Waals surface area contributed by atoms with Crippen molar-refractivity contribution in [1.82, 2.24) is 10.3 Å². The fourth-order valence-electron chi connectivity index (χ4n) is 2.46. The third-order valence-electron chi connectivity index (χ3n) is 3.58. The zero-order chi connectivity index (χ0) is 13.9. The number of aromatic nitrogens is 1. The molecule has 0 amide bonds. The highest BCUT2D eigenvalue weighted by atomic mass is 79.9. The van der Waals surface area contributed by atoms with E-state index >= 15 is 0 Å². The summed E-state index contributed by atoms with van der Waals surface area (Å²) in [7, 11) is 1.74. The zero-order valence-electron chi connectivity index (χ0n) is 10.7. The topological polar surface area (TPSA) is 62.2 Å². The molecule has 2 rings (SSSR count). The number of carboxylic acid groups (broad SMARTS) is 1. The van der Waals surface area contributed by atoms with Gasteiger partial charge in [0, 0.05) is 15.9 Å². The molecule has 0 bridgehead atoms. The highest BCUT2D eigenvalue weighted by Crippen LogP contribution is 2.37. The summed E-state index contributed by atoms with van der Waals surface area (Å²) in [5.41, 5.74) is -0.773. The predicted octanol–water partition coefficient (Wildman–Crippen LogP) is 2.92. The minimum Gasteiger partial charge on any atom is -0.480 e. The minimum atomic E-state index is -0.773. The number of hydrogen-bond acceptors (Lipinski definition) is 4. The summed E-state index contributed by atoms with van der Waals surface area (Å²) in [6, 6.07) is 3.92. The molecule has 1 aromatic rings. The van der Waals surface area contributed by atoms with E-state index in [1.54, 1.807) is 25.0 Å². The Morgan fingerprint density at radius 1 is 1.63 bits per heavy atom. The molecule has 1 aromatic heterocycles. The summed E-state index contributed by atoms with van der Waals surface area (Å²) in [5, 5.41) is 13.7. The number of likely N-dealkylation sites (N-methyl/N-ethyl adjacent to an activating group) is 1. The van der Waals surface area contributed by atoms with Crippen molar-refractivity contribution >= 4 is 33.7 Å². The summed E-state index contributed by atoms with van der Waals surface area (Å²) in [6.07, 6.45) is 5.08. The van der Waals surface area contributed by atoms with Gasteiger partial charge in [-0.3, -0.25) is 4.79 Å². The lowest BCUT2D eigenvalue weighted by atomic mass is 9.81. The first-order valence-corrected chi connectivity index (χ1v) is 7.93. The lowest BCUT2D eigenvalue weighted by Crippen LogP contribution is -2.53. The van der Waals surface area contributed by atoms with Crippen molar-refractivity contribution in [1.29, 1.82) is 0 Å². The molecule has 19 heavy (non-hydrogen) atoms. The van der Waals surface area contributed by atoms with E-state index in [4.69, 9.17) is 0 Å². The second kappa shape index (κ2) is 6.24. The van der Waals surface area contributed by atoms with Crippen LogP contribution >= 0.6 is 27.7 Å². The number of carbonyl (C=O) groups is 1. The molecule has 0 radical (unpaired) electrons. The first-order valence-electron chi connectivity index (χ1n) is 6.26. The van der Waals surface area contributed by atoms with Crippen molar-refractivity contribution in [2.24, 2.45) is 0 Å². The number of hydrogen-bond donors (Lipinski definition) is 2. The number of aliphatic carboxylic acids is 1. The molecule has 0 spiro atoms. The SMILES string of the molecule is CNC1(C(=O)O)CCCC(Sc2ccc(Br)cn2)C1. The number of carboxylic acids is 1. The van der Waals surface area contributed by atoms with Crippen LogP contribution in [0, 0.1) is 0 Å². The lowest BCUT2D eigenvalue weighted by Gasteiger charge is -2.36. The molecule has 1 heterocycles. The van der Waals surface area contributed by atoms with Crippen molar-refractivity contribution in [3.05, 3.63) is 22.8 Å². The molecular weight excluding hydrogens is 328 g/mol. The normalized spacial score (nSPS) is 27.2. The Bertz CT molecular complexity index is 454. The van der Waals surface area contributed by atoms with Gasteiger partial charge in [-0.2, -0.15) is 0 Å². The molecule has 1 aliphatic rings. The maximum atomic E-state index is 11.5. The Hall–Kier alpha value is -0.590. The van der Waals surface area contributed by atoms with Crippen molar-refractivity contribution in [3.63, 3.8) is 0 Å². The summed E-state index contributed by atoms with van der Waals surface area (Å²) < 4.78 is 0.954. The number of halogens is 1. The Balaban J connectivity index is 2.05. The second-order valence-corrected chi connectivity index (χ2v) is 7.02. The van der Waals surface area contributed by atoms with E-state index in [0.29, 0.717) is 18.1 Å². The van der Waals surface area contributed by atoms with Gasteiger partial charge in [0.2, 0.25) is 0 Å². The summed E-state index contributed by atoms with van der Waals surface area (Å²) in [4.78, 5) is 15.8.